The van der Waals surface area contributed by atoms with E-state index in [-0.39, 0.29) is 24.3 Å². The van der Waals surface area contributed by atoms with Crippen LogP contribution in [-0.2, 0) is 0 Å². The number of urea groups is 1. The summed E-state index contributed by atoms with van der Waals surface area (Å²) in [5, 5.41) is 9.31. The molecule has 1 heterocycles. The minimum Gasteiger partial charge on any atom is -0.345 e. The maximum absolute atomic E-state index is 12.0. The minimum atomic E-state index is -0.284. The van der Waals surface area contributed by atoms with Gasteiger partial charge in [-0.15, -0.1) is 12.4 Å². The van der Waals surface area contributed by atoms with Gasteiger partial charge in [-0.1, -0.05) is 11.6 Å². The molecule has 0 saturated carbocycles. The van der Waals surface area contributed by atoms with E-state index in [2.05, 4.69) is 16.0 Å². The van der Waals surface area contributed by atoms with Crippen LogP contribution in [0, 0.1) is 0 Å². The second-order valence-corrected chi connectivity index (χ2v) is 6.26. The lowest BCUT2D eigenvalue weighted by Crippen LogP contribution is -2.33. The van der Waals surface area contributed by atoms with Crippen LogP contribution in [0.2, 0.25) is 5.02 Å². The zero-order chi connectivity index (χ0) is 16.8. The van der Waals surface area contributed by atoms with Gasteiger partial charge >= 0.3 is 6.03 Å². The molecule has 0 aromatic heterocycles. The molecule has 3 amide bonds. The van der Waals surface area contributed by atoms with Crippen LogP contribution in [0.5, 0.6) is 0 Å². The van der Waals surface area contributed by atoms with Gasteiger partial charge in [-0.25, -0.2) is 4.79 Å². The zero-order valence-electron chi connectivity index (χ0n) is 13.9. The number of nitrogens with one attached hydrogen (secondary N) is 3. The van der Waals surface area contributed by atoms with E-state index in [9.17, 15) is 9.59 Å². The summed E-state index contributed by atoms with van der Waals surface area (Å²) in [5.41, 5.74) is 0.903. The van der Waals surface area contributed by atoms with Gasteiger partial charge in [0.2, 0.25) is 0 Å². The summed E-state index contributed by atoms with van der Waals surface area (Å²) < 4.78 is 0. The van der Waals surface area contributed by atoms with Crippen molar-refractivity contribution in [2.24, 2.45) is 0 Å². The summed E-state index contributed by atoms with van der Waals surface area (Å²) in [6.07, 6.45) is 3.28. The monoisotopic (exact) mass is 374 g/mol. The van der Waals surface area contributed by atoms with Crippen molar-refractivity contribution < 1.29 is 9.59 Å². The summed E-state index contributed by atoms with van der Waals surface area (Å²) >= 11 is 6.05. The van der Waals surface area contributed by atoms with Gasteiger partial charge in [0, 0.05) is 32.4 Å². The van der Waals surface area contributed by atoms with Gasteiger partial charge < -0.3 is 20.9 Å². The average Bonchev–Trinajstić information content (AvgIpc) is 3.01. The number of carbonyl (C=O) groups excluding carboxylic acids is 2. The number of hydrogen-bond acceptors (Lipinski definition) is 3. The first-order chi connectivity index (χ1) is 11.0. The van der Waals surface area contributed by atoms with Crippen molar-refractivity contribution in [2.75, 3.05) is 32.5 Å². The normalized spacial score (nSPS) is 16.2. The van der Waals surface area contributed by atoms with E-state index in [1.54, 1.807) is 32.3 Å². The highest BCUT2D eigenvalue weighted by atomic mass is 35.5. The van der Waals surface area contributed by atoms with Gasteiger partial charge in [0.15, 0.2) is 0 Å². The number of halogens is 2. The van der Waals surface area contributed by atoms with Crippen molar-refractivity contribution >= 4 is 41.6 Å². The summed E-state index contributed by atoms with van der Waals surface area (Å²) in [6.45, 7) is 1.67. The SMILES string of the molecule is CN(C)C(=O)c1cc(NC(=O)NCC[C@H]2CCCN2)ccc1Cl.Cl. The second-order valence-electron chi connectivity index (χ2n) is 5.86. The van der Waals surface area contributed by atoms with Gasteiger partial charge in [-0.3, -0.25) is 4.79 Å². The molecule has 0 bridgehead atoms. The van der Waals surface area contributed by atoms with Crippen LogP contribution >= 0.6 is 24.0 Å². The van der Waals surface area contributed by atoms with Crippen LogP contribution in [0.4, 0.5) is 10.5 Å². The fourth-order valence-electron chi connectivity index (χ4n) is 2.55. The largest absolute Gasteiger partial charge is 0.345 e. The summed E-state index contributed by atoms with van der Waals surface area (Å²) in [5.74, 6) is -0.202. The number of nitrogens with zero attached hydrogens (tertiary/aromatic N) is 1. The topological polar surface area (TPSA) is 73.5 Å². The number of hydrogen-bond donors (Lipinski definition) is 3. The van der Waals surface area contributed by atoms with Gasteiger partial charge in [0.1, 0.15) is 0 Å². The van der Waals surface area contributed by atoms with Crippen LogP contribution in [-0.4, -0.2) is 50.1 Å². The van der Waals surface area contributed by atoms with E-state index in [0.717, 1.165) is 19.4 Å². The molecule has 0 radical (unpaired) electrons. The predicted molar refractivity (Wildman–Crippen MR) is 99.4 cm³/mol. The average molecular weight is 375 g/mol. The molecule has 1 aromatic rings. The van der Waals surface area contributed by atoms with Crippen molar-refractivity contribution in [1.29, 1.82) is 0 Å². The van der Waals surface area contributed by atoms with Crippen LogP contribution < -0.4 is 16.0 Å². The molecule has 3 N–H and O–H groups in total. The van der Waals surface area contributed by atoms with Crippen LogP contribution in [0.15, 0.2) is 18.2 Å². The van der Waals surface area contributed by atoms with E-state index in [1.807, 2.05) is 0 Å². The van der Waals surface area contributed by atoms with E-state index in [4.69, 9.17) is 11.6 Å². The molecule has 1 saturated heterocycles. The van der Waals surface area contributed by atoms with Crippen molar-refractivity contribution in [1.82, 2.24) is 15.5 Å². The quantitative estimate of drug-likeness (QED) is 0.741. The number of anilines is 1. The second kappa shape index (κ2) is 9.71. The third kappa shape index (κ3) is 5.85. The molecule has 0 aliphatic carbocycles. The molecular formula is C16H24Cl2N4O2. The third-order valence-corrected chi connectivity index (χ3v) is 4.13. The fourth-order valence-corrected chi connectivity index (χ4v) is 2.74. The van der Waals surface area contributed by atoms with Gasteiger partial charge in [0.25, 0.3) is 5.91 Å². The van der Waals surface area contributed by atoms with Gasteiger partial charge in [0.05, 0.1) is 10.6 Å². The molecule has 1 atom stereocenters. The Hall–Kier alpha value is -1.50. The minimum absolute atomic E-state index is 0. The molecule has 0 spiro atoms. The summed E-state index contributed by atoms with van der Waals surface area (Å²) in [7, 11) is 3.31. The van der Waals surface area contributed by atoms with Crippen molar-refractivity contribution in [2.45, 2.75) is 25.3 Å². The van der Waals surface area contributed by atoms with Crippen molar-refractivity contribution in [3.05, 3.63) is 28.8 Å². The number of benzene rings is 1. The summed E-state index contributed by atoms with van der Waals surface area (Å²) in [6, 6.07) is 5.08. The molecule has 2 rings (SSSR count). The lowest BCUT2D eigenvalue weighted by molar-refractivity contribution is 0.0828. The van der Waals surface area contributed by atoms with Gasteiger partial charge in [-0.2, -0.15) is 0 Å². The Labute approximate surface area is 153 Å². The van der Waals surface area contributed by atoms with Crippen molar-refractivity contribution in [3.8, 4) is 0 Å². The number of carbonyl (C=O) groups is 2. The molecule has 6 nitrogen and oxygen atoms in total. The molecule has 8 heteroatoms. The highest BCUT2D eigenvalue weighted by Crippen LogP contribution is 2.21. The highest BCUT2D eigenvalue weighted by molar-refractivity contribution is 6.34. The molecule has 1 fully saturated rings. The maximum Gasteiger partial charge on any atom is 0.319 e. The zero-order valence-corrected chi connectivity index (χ0v) is 15.5. The molecule has 1 aromatic carbocycles. The molecule has 24 heavy (non-hydrogen) atoms. The Morgan fingerprint density at radius 3 is 2.75 bits per heavy atom. The number of rotatable bonds is 5. The first kappa shape index (κ1) is 20.5. The first-order valence-corrected chi connectivity index (χ1v) is 8.14. The first-order valence-electron chi connectivity index (χ1n) is 7.77. The van der Waals surface area contributed by atoms with Gasteiger partial charge in [-0.05, 0) is 44.0 Å². The Morgan fingerprint density at radius 1 is 1.38 bits per heavy atom. The van der Waals surface area contributed by atoms with Crippen LogP contribution in [0.3, 0.4) is 0 Å². The molecule has 1 aliphatic heterocycles. The fraction of sp³-hybridized carbons (Fsp3) is 0.500. The standard InChI is InChI=1S/C16H23ClN4O2.ClH/c1-21(2)15(22)13-10-12(5-6-14(13)17)20-16(23)19-9-7-11-4-3-8-18-11;/h5-6,10-11,18H,3-4,7-9H2,1-2H3,(H2,19,20,23);1H/t11-;/m1./s1. The van der Waals surface area contributed by atoms with E-state index in [0.29, 0.717) is 28.9 Å². The van der Waals surface area contributed by atoms with E-state index < -0.39 is 0 Å². The third-order valence-electron chi connectivity index (χ3n) is 3.80. The highest BCUT2D eigenvalue weighted by Gasteiger charge is 2.15. The Bertz CT molecular complexity index is 575. The Kier molecular flexibility index (Phi) is 8.31. The number of amides is 3. The van der Waals surface area contributed by atoms with E-state index in [1.165, 1.54) is 11.3 Å². The van der Waals surface area contributed by atoms with Crippen LogP contribution in [0.25, 0.3) is 0 Å². The van der Waals surface area contributed by atoms with Crippen molar-refractivity contribution in [3.63, 3.8) is 0 Å². The molecule has 0 unspecified atom stereocenters. The molecule has 1 aliphatic rings. The Balaban J connectivity index is 0.00000288. The van der Waals surface area contributed by atoms with Crippen LogP contribution in [0.1, 0.15) is 29.6 Å². The molecular weight excluding hydrogens is 351 g/mol. The summed E-state index contributed by atoms with van der Waals surface area (Å²) in [4.78, 5) is 25.4. The Morgan fingerprint density at radius 2 is 2.12 bits per heavy atom. The smallest absolute Gasteiger partial charge is 0.319 e. The lowest BCUT2D eigenvalue weighted by Gasteiger charge is -2.14. The van der Waals surface area contributed by atoms with E-state index >= 15 is 0 Å². The predicted octanol–water partition coefficient (Wildman–Crippen LogP) is 2.73. The maximum atomic E-state index is 12.0. The molecule has 134 valence electrons. The lowest BCUT2D eigenvalue weighted by atomic mass is 10.1.